The van der Waals surface area contributed by atoms with Crippen LogP contribution < -0.4 is 0 Å². The van der Waals surface area contributed by atoms with E-state index in [1.54, 1.807) is 6.92 Å². The first-order chi connectivity index (χ1) is 12.6. The van der Waals surface area contributed by atoms with E-state index in [-0.39, 0.29) is 24.6 Å². The van der Waals surface area contributed by atoms with Crippen molar-refractivity contribution in [1.82, 2.24) is 0 Å². The third-order valence-corrected chi connectivity index (χ3v) is 4.42. The topological polar surface area (TPSA) is 43.4 Å². The van der Waals surface area contributed by atoms with Crippen LogP contribution in [-0.4, -0.2) is 18.4 Å². The number of ketones is 1. The van der Waals surface area contributed by atoms with Crippen molar-refractivity contribution in [1.29, 1.82) is 0 Å². The van der Waals surface area contributed by atoms with Crippen LogP contribution in [0.3, 0.4) is 0 Å². The summed E-state index contributed by atoms with van der Waals surface area (Å²) >= 11 is 0. The third kappa shape index (κ3) is 6.14. The van der Waals surface area contributed by atoms with Crippen LogP contribution in [-0.2, 0) is 16.0 Å². The van der Waals surface area contributed by atoms with Crippen molar-refractivity contribution in [2.24, 2.45) is 0 Å². The third-order valence-electron chi connectivity index (χ3n) is 4.42. The van der Waals surface area contributed by atoms with E-state index in [0.717, 1.165) is 17.5 Å². The number of hydrogen-bond donors (Lipinski definition) is 0. The average Bonchev–Trinajstić information content (AvgIpc) is 2.67. The van der Waals surface area contributed by atoms with Gasteiger partial charge in [0, 0.05) is 12.0 Å². The molecule has 0 saturated carbocycles. The summed E-state index contributed by atoms with van der Waals surface area (Å²) in [6.45, 7) is 4.32. The average molecular weight is 352 g/mol. The zero-order valence-corrected chi connectivity index (χ0v) is 15.8. The van der Waals surface area contributed by atoms with E-state index in [0.29, 0.717) is 12.2 Å². The molecule has 2 aromatic rings. The van der Waals surface area contributed by atoms with Crippen molar-refractivity contribution < 1.29 is 14.3 Å². The van der Waals surface area contributed by atoms with E-state index in [9.17, 15) is 9.59 Å². The van der Waals surface area contributed by atoms with Crippen LogP contribution in [0.15, 0.2) is 48.5 Å². The molecular weight excluding hydrogens is 324 g/mol. The molecule has 0 aromatic heterocycles. The Morgan fingerprint density at radius 3 is 2.00 bits per heavy atom. The summed E-state index contributed by atoms with van der Waals surface area (Å²) in [4.78, 5) is 23.5. The molecule has 26 heavy (non-hydrogen) atoms. The van der Waals surface area contributed by atoms with E-state index in [1.165, 1.54) is 24.8 Å². The molecule has 0 saturated heterocycles. The van der Waals surface area contributed by atoms with E-state index in [1.807, 2.05) is 24.3 Å². The van der Waals surface area contributed by atoms with Crippen LogP contribution in [0.1, 0.15) is 61.9 Å². The lowest BCUT2D eigenvalue weighted by atomic mass is 9.99. The number of unbranched alkanes of at least 4 members (excludes halogenated alkanes) is 2. The number of ether oxygens (including phenoxy) is 1. The molecular formula is C23H28O3. The normalized spacial score (nSPS) is 10.5. The van der Waals surface area contributed by atoms with Gasteiger partial charge in [-0.15, -0.1) is 0 Å². The van der Waals surface area contributed by atoms with Crippen molar-refractivity contribution in [2.75, 3.05) is 6.61 Å². The number of benzene rings is 2. The number of carbonyl (C=O) groups is 2. The van der Waals surface area contributed by atoms with Gasteiger partial charge in [-0.2, -0.15) is 0 Å². The molecule has 3 nitrogen and oxygen atoms in total. The van der Waals surface area contributed by atoms with E-state index in [4.69, 9.17) is 4.74 Å². The second-order valence-corrected chi connectivity index (χ2v) is 6.46. The Bertz CT molecular complexity index is 699. The van der Waals surface area contributed by atoms with Crippen LogP contribution in [0, 0.1) is 0 Å². The molecule has 0 amide bonds. The maximum Gasteiger partial charge on any atom is 0.306 e. The van der Waals surface area contributed by atoms with Gasteiger partial charge in [0.25, 0.3) is 0 Å². The van der Waals surface area contributed by atoms with Crippen molar-refractivity contribution in [3.63, 3.8) is 0 Å². The highest BCUT2D eigenvalue weighted by atomic mass is 16.5. The Hall–Kier alpha value is -2.42. The molecule has 0 atom stereocenters. The lowest BCUT2D eigenvalue weighted by Crippen LogP contribution is -2.07. The maximum absolute atomic E-state index is 12.2. The second-order valence-electron chi connectivity index (χ2n) is 6.46. The maximum atomic E-state index is 12.2. The highest BCUT2D eigenvalue weighted by molar-refractivity contribution is 5.97. The molecule has 0 heterocycles. The zero-order chi connectivity index (χ0) is 18.8. The Morgan fingerprint density at radius 1 is 0.808 bits per heavy atom. The fourth-order valence-corrected chi connectivity index (χ4v) is 2.88. The lowest BCUT2D eigenvalue weighted by molar-refractivity contribution is -0.143. The second kappa shape index (κ2) is 10.5. The van der Waals surface area contributed by atoms with Crippen LogP contribution >= 0.6 is 0 Å². The van der Waals surface area contributed by atoms with Gasteiger partial charge in [0.2, 0.25) is 0 Å². The van der Waals surface area contributed by atoms with Gasteiger partial charge in [0.1, 0.15) is 0 Å². The predicted octanol–water partition coefficient (Wildman–Crippen LogP) is 5.61. The van der Waals surface area contributed by atoms with Crippen molar-refractivity contribution >= 4 is 11.8 Å². The van der Waals surface area contributed by atoms with Gasteiger partial charge in [-0.3, -0.25) is 9.59 Å². The van der Waals surface area contributed by atoms with Crippen LogP contribution in [0.2, 0.25) is 0 Å². The standard InChI is InChI=1S/C23H28O3/c1-3-5-6-7-18-8-10-19(11-9-18)20-12-14-21(15-13-20)22(24)16-17-23(25)26-4-2/h8-15H,3-7,16-17H2,1-2H3. The number of hydrogen-bond acceptors (Lipinski definition) is 3. The van der Waals surface area contributed by atoms with Crippen molar-refractivity contribution in [3.05, 3.63) is 59.7 Å². The molecule has 3 heteroatoms. The van der Waals surface area contributed by atoms with Crippen LogP contribution in [0.25, 0.3) is 11.1 Å². The Kier molecular flexibility index (Phi) is 8.07. The summed E-state index contributed by atoms with van der Waals surface area (Å²) in [5.41, 5.74) is 4.24. The Balaban J connectivity index is 1.94. The van der Waals surface area contributed by atoms with Gasteiger partial charge in [-0.05, 0) is 36.5 Å². The van der Waals surface area contributed by atoms with Gasteiger partial charge in [0.15, 0.2) is 5.78 Å². The van der Waals surface area contributed by atoms with Gasteiger partial charge < -0.3 is 4.74 Å². The SMILES string of the molecule is CCCCCc1ccc(-c2ccc(C(=O)CCC(=O)OCC)cc2)cc1. The van der Waals surface area contributed by atoms with Crippen molar-refractivity contribution in [3.8, 4) is 11.1 Å². The minimum absolute atomic E-state index is 0.0316. The largest absolute Gasteiger partial charge is 0.466 e. The molecule has 0 bridgehead atoms. The number of carbonyl (C=O) groups excluding carboxylic acids is 2. The molecule has 0 fully saturated rings. The van der Waals surface area contributed by atoms with Gasteiger partial charge >= 0.3 is 5.97 Å². The smallest absolute Gasteiger partial charge is 0.306 e. The van der Waals surface area contributed by atoms with E-state index >= 15 is 0 Å². The molecule has 2 rings (SSSR count). The summed E-state index contributed by atoms with van der Waals surface area (Å²) in [7, 11) is 0. The van der Waals surface area contributed by atoms with Crippen LogP contribution in [0.5, 0.6) is 0 Å². The highest BCUT2D eigenvalue weighted by Gasteiger charge is 2.10. The number of esters is 1. The molecule has 0 aliphatic rings. The minimum atomic E-state index is -0.323. The zero-order valence-electron chi connectivity index (χ0n) is 15.8. The Labute approximate surface area is 156 Å². The quantitative estimate of drug-likeness (QED) is 0.317. The summed E-state index contributed by atoms with van der Waals surface area (Å²) < 4.78 is 4.85. The first kappa shape index (κ1) is 19.9. The first-order valence-electron chi connectivity index (χ1n) is 9.52. The lowest BCUT2D eigenvalue weighted by Gasteiger charge is -2.06. The summed E-state index contributed by atoms with van der Waals surface area (Å²) in [5, 5.41) is 0. The fourth-order valence-electron chi connectivity index (χ4n) is 2.88. The number of aryl methyl sites for hydroxylation is 1. The molecule has 0 spiro atoms. The minimum Gasteiger partial charge on any atom is -0.466 e. The molecule has 0 N–H and O–H groups in total. The van der Waals surface area contributed by atoms with Gasteiger partial charge in [-0.1, -0.05) is 68.3 Å². The van der Waals surface area contributed by atoms with E-state index < -0.39 is 0 Å². The number of rotatable bonds is 10. The first-order valence-corrected chi connectivity index (χ1v) is 9.52. The number of Topliss-reactive ketones (excluding diaryl/α,β-unsaturated/α-hetero) is 1. The van der Waals surface area contributed by atoms with Crippen LogP contribution in [0.4, 0.5) is 0 Å². The molecule has 0 aliphatic heterocycles. The monoisotopic (exact) mass is 352 g/mol. The predicted molar refractivity (Wildman–Crippen MR) is 105 cm³/mol. The molecule has 0 aliphatic carbocycles. The van der Waals surface area contributed by atoms with Crippen molar-refractivity contribution in [2.45, 2.75) is 52.4 Å². The summed E-state index contributed by atoms with van der Waals surface area (Å²) in [6.07, 6.45) is 5.19. The molecule has 138 valence electrons. The molecule has 0 unspecified atom stereocenters. The Morgan fingerprint density at radius 2 is 1.42 bits per heavy atom. The molecule has 0 radical (unpaired) electrons. The van der Waals surface area contributed by atoms with E-state index in [2.05, 4.69) is 31.2 Å². The van der Waals surface area contributed by atoms with Gasteiger partial charge in [-0.25, -0.2) is 0 Å². The summed E-state index contributed by atoms with van der Waals surface area (Å²) in [6, 6.07) is 16.2. The van der Waals surface area contributed by atoms with Gasteiger partial charge in [0.05, 0.1) is 13.0 Å². The summed E-state index contributed by atoms with van der Waals surface area (Å²) in [5.74, 6) is -0.354. The highest BCUT2D eigenvalue weighted by Crippen LogP contribution is 2.21. The fraction of sp³-hybridized carbons (Fsp3) is 0.391. The molecule has 2 aromatic carbocycles.